The fraction of sp³-hybridized carbons (Fsp3) is 0.579. The van der Waals surface area contributed by atoms with Crippen molar-refractivity contribution in [3.8, 4) is 6.07 Å². The number of para-hydroxylation sites is 1. The van der Waals surface area contributed by atoms with Gasteiger partial charge in [0.1, 0.15) is 5.54 Å². The summed E-state index contributed by atoms with van der Waals surface area (Å²) in [6.45, 7) is 2.46. The van der Waals surface area contributed by atoms with Crippen LogP contribution in [0, 0.1) is 11.3 Å². The van der Waals surface area contributed by atoms with E-state index in [0.717, 1.165) is 37.8 Å². The van der Waals surface area contributed by atoms with Crippen molar-refractivity contribution < 1.29 is 9.90 Å². The van der Waals surface area contributed by atoms with Gasteiger partial charge in [-0.05, 0) is 31.4 Å². The van der Waals surface area contributed by atoms with Crippen LogP contribution in [0.25, 0.3) is 0 Å². The molecule has 0 bridgehead atoms. The molecule has 1 atom stereocenters. The van der Waals surface area contributed by atoms with E-state index < -0.39 is 11.6 Å². The predicted molar refractivity (Wildman–Crippen MR) is 94.5 cm³/mol. The summed E-state index contributed by atoms with van der Waals surface area (Å²) in [5.41, 5.74) is 0.177. The lowest BCUT2D eigenvalue weighted by Crippen LogP contribution is -2.52. The maximum atomic E-state index is 12.5. The number of hydrogen-bond acceptors (Lipinski definition) is 4. The van der Waals surface area contributed by atoms with Crippen LogP contribution in [0.5, 0.6) is 0 Å². The number of rotatable bonds is 7. The quantitative estimate of drug-likeness (QED) is 0.806. The lowest BCUT2D eigenvalue weighted by molar-refractivity contribution is -0.121. The van der Waals surface area contributed by atoms with Crippen molar-refractivity contribution >= 4 is 11.6 Å². The van der Waals surface area contributed by atoms with Gasteiger partial charge in [-0.15, -0.1) is 0 Å². The molecule has 5 nitrogen and oxygen atoms in total. The molecule has 0 aliphatic heterocycles. The number of nitrogens with one attached hydrogen (secondary N) is 1. The van der Waals surface area contributed by atoms with Crippen LogP contribution in [0.1, 0.15) is 45.4 Å². The van der Waals surface area contributed by atoms with E-state index in [4.69, 9.17) is 0 Å². The number of aliphatic hydroxyl groups excluding tert-OH is 1. The fourth-order valence-corrected chi connectivity index (χ4v) is 3.18. The number of benzene rings is 1. The number of nitriles is 1. The van der Waals surface area contributed by atoms with Gasteiger partial charge in [0.25, 0.3) is 0 Å². The maximum Gasteiger partial charge on any atom is 0.240 e. The van der Waals surface area contributed by atoms with Gasteiger partial charge in [-0.2, -0.15) is 5.26 Å². The Balaban J connectivity index is 2.05. The van der Waals surface area contributed by atoms with E-state index in [2.05, 4.69) is 11.4 Å². The van der Waals surface area contributed by atoms with E-state index in [1.54, 1.807) is 0 Å². The van der Waals surface area contributed by atoms with Gasteiger partial charge in [-0.1, -0.05) is 44.4 Å². The third kappa shape index (κ3) is 4.97. The molecule has 0 spiro atoms. The zero-order valence-electron chi connectivity index (χ0n) is 14.4. The van der Waals surface area contributed by atoms with Crippen molar-refractivity contribution in [1.29, 1.82) is 5.26 Å². The number of carbonyl (C=O) groups excluding carboxylic acids is 1. The van der Waals surface area contributed by atoms with Crippen LogP contribution in [0.4, 0.5) is 5.69 Å². The summed E-state index contributed by atoms with van der Waals surface area (Å²) >= 11 is 0. The third-order valence-electron chi connectivity index (χ3n) is 4.66. The molecule has 1 saturated carbocycles. The zero-order chi connectivity index (χ0) is 17.4. The summed E-state index contributed by atoms with van der Waals surface area (Å²) in [5.74, 6) is -0.161. The van der Waals surface area contributed by atoms with Gasteiger partial charge in [0.2, 0.25) is 5.91 Å². The number of hydrogen-bond donors (Lipinski definition) is 2. The molecular weight excluding hydrogens is 302 g/mol. The van der Waals surface area contributed by atoms with E-state index in [-0.39, 0.29) is 12.5 Å². The Morgan fingerprint density at radius 2 is 2.00 bits per heavy atom. The van der Waals surface area contributed by atoms with Crippen molar-refractivity contribution in [2.24, 2.45) is 0 Å². The summed E-state index contributed by atoms with van der Waals surface area (Å²) in [6, 6.07) is 11.9. The number of aliphatic hydroxyl groups is 1. The standard InChI is InChI=1S/C19H27N3O2/c1-2-17(23)13-22(16-9-5-3-6-10-16)14-18(24)21-19(15-20)11-7-4-8-12-19/h3,5-6,9-10,17,23H,2,4,7-8,11-14H2,1H3,(H,21,24)/t17-/m0/s1. The second-order valence-electron chi connectivity index (χ2n) is 6.58. The summed E-state index contributed by atoms with van der Waals surface area (Å²) in [6.07, 6.45) is 4.66. The number of amides is 1. The average Bonchev–Trinajstić information content (AvgIpc) is 2.62. The highest BCUT2D eigenvalue weighted by atomic mass is 16.3. The Hall–Kier alpha value is -2.06. The second kappa shape index (κ2) is 8.70. The SMILES string of the molecule is CC[C@H](O)CN(CC(=O)NC1(C#N)CCCCC1)c1ccccc1. The molecule has 0 unspecified atom stereocenters. The van der Waals surface area contributed by atoms with Crippen LogP contribution < -0.4 is 10.2 Å². The molecule has 2 rings (SSSR count). The van der Waals surface area contributed by atoms with E-state index in [0.29, 0.717) is 13.0 Å². The van der Waals surface area contributed by atoms with E-state index >= 15 is 0 Å². The summed E-state index contributed by atoms with van der Waals surface area (Å²) in [7, 11) is 0. The van der Waals surface area contributed by atoms with Gasteiger partial charge in [0.15, 0.2) is 0 Å². The first-order valence-corrected chi connectivity index (χ1v) is 8.79. The first-order chi connectivity index (χ1) is 11.6. The summed E-state index contributed by atoms with van der Waals surface area (Å²) in [4.78, 5) is 14.4. The van der Waals surface area contributed by atoms with Crippen LogP contribution in [0.15, 0.2) is 30.3 Å². The number of nitrogens with zero attached hydrogens (tertiary/aromatic N) is 2. The summed E-state index contributed by atoms with van der Waals surface area (Å²) in [5, 5.41) is 22.5. The van der Waals surface area contributed by atoms with E-state index in [1.165, 1.54) is 0 Å². The minimum Gasteiger partial charge on any atom is -0.391 e. The highest BCUT2D eigenvalue weighted by Gasteiger charge is 2.33. The molecule has 0 heterocycles. The second-order valence-corrected chi connectivity index (χ2v) is 6.58. The van der Waals surface area contributed by atoms with Crippen LogP contribution >= 0.6 is 0 Å². The first-order valence-electron chi connectivity index (χ1n) is 8.79. The lowest BCUT2D eigenvalue weighted by atomic mass is 9.83. The summed E-state index contributed by atoms with van der Waals surface area (Å²) < 4.78 is 0. The normalized spacial score (nSPS) is 17.5. The van der Waals surface area contributed by atoms with Gasteiger partial charge >= 0.3 is 0 Å². The van der Waals surface area contributed by atoms with Crippen molar-refractivity contribution in [1.82, 2.24) is 5.32 Å². The molecule has 24 heavy (non-hydrogen) atoms. The molecule has 5 heteroatoms. The largest absolute Gasteiger partial charge is 0.391 e. The molecule has 1 aliphatic rings. The Bertz CT molecular complexity index is 562. The Morgan fingerprint density at radius 3 is 2.58 bits per heavy atom. The minimum absolute atomic E-state index is 0.143. The lowest BCUT2D eigenvalue weighted by Gasteiger charge is -2.33. The smallest absolute Gasteiger partial charge is 0.240 e. The molecule has 0 saturated heterocycles. The monoisotopic (exact) mass is 329 g/mol. The van der Waals surface area contributed by atoms with Crippen molar-refractivity contribution in [2.75, 3.05) is 18.0 Å². The highest BCUT2D eigenvalue weighted by molar-refractivity contribution is 5.82. The van der Waals surface area contributed by atoms with Crippen molar-refractivity contribution in [3.63, 3.8) is 0 Å². The maximum absolute atomic E-state index is 12.5. The van der Waals surface area contributed by atoms with Crippen molar-refractivity contribution in [2.45, 2.75) is 57.1 Å². The van der Waals surface area contributed by atoms with Crippen LogP contribution in [0.2, 0.25) is 0 Å². The van der Waals surface area contributed by atoms with Crippen LogP contribution in [-0.2, 0) is 4.79 Å². The van der Waals surface area contributed by atoms with Crippen molar-refractivity contribution in [3.05, 3.63) is 30.3 Å². The van der Waals surface area contributed by atoms with Crippen LogP contribution in [0.3, 0.4) is 0 Å². The van der Waals surface area contributed by atoms with Gasteiger partial charge in [0.05, 0.1) is 18.7 Å². The Morgan fingerprint density at radius 1 is 1.33 bits per heavy atom. The molecule has 0 radical (unpaired) electrons. The predicted octanol–water partition coefficient (Wildman–Crippen LogP) is 2.61. The minimum atomic E-state index is -0.721. The van der Waals surface area contributed by atoms with E-state index in [9.17, 15) is 15.2 Å². The van der Waals surface area contributed by atoms with Gasteiger partial charge in [-0.3, -0.25) is 4.79 Å². The fourth-order valence-electron chi connectivity index (χ4n) is 3.18. The van der Waals surface area contributed by atoms with Gasteiger partial charge < -0.3 is 15.3 Å². The van der Waals surface area contributed by atoms with E-state index in [1.807, 2.05) is 42.2 Å². The zero-order valence-corrected chi connectivity index (χ0v) is 14.4. The first kappa shape index (κ1) is 18.3. The molecule has 2 N–H and O–H groups in total. The number of anilines is 1. The molecule has 1 fully saturated rings. The highest BCUT2D eigenvalue weighted by Crippen LogP contribution is 2.27. The Labute approximate surface area is 144 Å². The van der Waals surface area contributed by atoms with Gasteiger partial charge in [0, 0.05) is 12.2 Å². The molecule has 130 valence electrons. The average molecular weight is 329 g/mol. The topological polar surface area (TPSA) is 76.4 Å². The Kier molecular flexibility index (Phi) is 6.62. The molecule has 0 aromatic heterocycles. The molecule has 1 aliphatic carbocycles. The third-order valence-corrected chi connectivity index (χ3v) is 4.66. The molecule has 1 aromatic rings. The molecule has 1 aromatic carbocycles. The number of carbonyl (C=O) groups is 1. The molecule has 1 amide bonds. The van der Waals surface area contributed by atoms with Crippen LogP contribution in [-0.4, -0.2) is 35.7 Å². The van der Waals surface area contributed by atoms with Gasteiger partial charge in [-0.25, -0.2) is 0 Å². The molecular formula is C19H27N3O2.